The van der Waals surface area contributed by atoms with Crippen LogP contribution in [0.4, 0.5) is 5.69 Å². The summed E-state index contributed by atoms with van der Waals surface area (Å²) in [6.45, 7) is 4.56. The van der Waals surface area contributed by atoms with Crippen LogP contribution in [0.25, 0.3) is 0 Å². The first-order valence-electron chi connectivity index (χ1n) is 6.70. The molecule has 0 saturated heterocycles. The molecule has 18 heavy (non-hydrogen) atoms. The van der Waals surface area contributed by atoms with E-state index in [0.29, 0.717) is 23.3 Å². The Hall–Kier alpha value is -1.45. The van der Waals surface area contributed by atoms with Gasteiger partial charge in [0.05, 0.1) is 5.69 Å². The minimum Gasteiger partial charge on any atom is -0.397 e. The van der Waals surface area contributed by atoms with E-state index in [1.807, 2.05) is 7.05 Å². The molecule has 1 amide bonds. The molecule has 0 radical (unpaired) electrons. The van der Waals surface area contributed by atoms with Crippen molar-refractivity contribution in [3.05, 3.63) is 18.0 Å². The van der Waals surface area contributed by atoms with Crippen molar-refractivity contribution in [2.75, 3.05) is 5.73 Å². The number of rotatable bonds is 2. The van der Waals surface area contributed by atoms with Crippen molar-refractivity contribution < 1.29 is 4.79 Å². The first-order chi connectivity index (χ1) is 8.47. The lowest BCUT2D eigenvalue weighted by molar-refractivity contribution is 0.0902. The predicted octanol–water partition coefficient (Wildman–Crippen LogP) is 2.16. The number of aryl methyl sites for hydroxylation is 1. The maximum Gasteiger partial charge on any atom is 0.268 e. The van der Waals surface area contributed by atoms with Gasteiger partial charge in [-0.25, -0.2) is 0 Å². The molecule has 1 aromatic heterocycles. The lowest BCUT2D eigenvalue weighted by Crippen LogP contribution is -2.40. The van der Waals surface area contributed by atoms with Crippen LogP contribution in [0.1, 0.15) is 43.6 Å². The molecule has 2 rings (SSSR count). The van der Waals surface area contributed by atoms with E-state index in [2.05, 4.69) is 19.2 Å². The van der Waals surface area contributed by atoms with Gasteiger partial charge in [0.25, 0.3) is 5.91 Å². The van der Waals surface area contributed by atoms with Crippen molar-refractivity contribution in [2.45, 2.75) is 39.2 Å². The van der Waals surface area contributed by atoms with Crippen molar-refractivity contribution in [2.24, 2.45) is 18.9 Å². The van der Waals surface area contributed by atoms with Gasteiger partial charge in [-0.05, 0) is 37.2 Å². The molecule has 3 N–H and O–H groups in total. The molecule has 1 fully saturated rings. The summed E-state index contributed by atoms with van der Waals surface area (Å²) in [5, 5.41) is 3.12. The maximum absolute atomic E-state index is 12.1. The molecule has 1 aliphatic carbocycles. The van der Waals surface area contributed by atoms with Crippen LogP contribution in [0.3, 0.4) is 0 Å². The van der Waals surface area contributed by atoms with Gasteiger partial charge in [0.2, 0.25) is 0 Å². The zero-order chi connectivity index (χ0) is 13.3. The molecule has 0 aliphatic heterocycles. The van der Waals surface area contributed by atoms with Crippen LogP contribution in [0, 0.1) is 11.8 Å². The Morgan fingerprint density at radius 2 is 2.11 bits per heavy atom. The summed E-state index contributed by atoms with van der Waals surface area (Å²) >= 11 is 0. The van der Waals surface area contributed by atoms with Crippen molar-refractivity contribution in [3.8, 4) is 0 Å². The van der Waals surface area contributed by atoms with Gasteiger partial charge in [0.15, 0.2) is 0 Å². The Morgan fingerprint density at radius 3 is 2.67 bits per heavy atom. The molecule has 0 spiro atoms. The van der Waals surface area contributed by atoms with Crippen molar-refractivity contribution >= 4 is 11.6 Å². The van der Waals surface area contributed by atoms with Crippen LogP contribution < -0.4 is 11.1 Å². The summed E-state index contributed by atoms with van der Waals surface area (Å²) in [5.41, 5.74) is 6.96. The highest BCUT2D eigenvalue weighted by Crippen LogP contribution is 2.29. The van der Waals surface area contributed by atoms with Crippen LogP contribution in [-0.4, -0.2) is 16.5 Å². The zero-order valence-corrected chi connectivity index (χ0v) is 11.4. The molecule has 3 unspecified atom stereocenters. The molecule has 0 bridgehead atoms. The zero-order valence-electron chi connectivity index (χ0n) is 11.4. The van der Waals surface area contributed by atoms with Gasteiger partial charge in [-0.2, -0.15) is 0 Å². The van der Waals surface area contributed by atoms with Gasteiger partial charge < -0.3 is 15.6 Å². The third kappa shape index (κ3) is 2.68. The number of nitrogens with zero attached hydrogens (tertiary/aromatic N) is 1. The van der Waals surface area contributed by atoms with Crippen molar-refractivity contribution in [1.82, 2.24) is 9.88 Å². The van der Waals surface area contributed by atoms with Gasteiger partial charge in [-0.15, -0.1) is 0 Å². The normalized spacial score (nSPS) is 28.1. The minimum atomic E-state index is -0.0130. The topological polar surface area (TPSA) is 60.1 Å². The molecule has 1 aliphatic rings. The fourth-order valence-electron chi connectivity index (χ4n) is 2.75. The highest BCUT2D eigenvalue weighted by atomic mass is 16.2. The predicted molar refractivity (Wildman–Crippen MR) is 73.3 cm³/mol. The third-order valence-corrected chi connectivity index (χ3v) is 4.19. The summed E-state index contributed by atoms with van der Waals surface area (Å²) in [6, 6.07) is 2.03. The molecule has 0 aromatic carbocycles. The summed E-state index contributed by atoms with van der Waals surface area (Å²) < 4.78 is 1.78. The monoisotopic (exact) mass is 249 g/mol. The number of aromatic nitrogens is 1. The van der Waals surface area contributed by atoms with Crippen molar-refractivity contribution in [1.29, 1.82) is 0 Å². The lowest BCUT2D eigenvalue weighted by Gasteiger charge is -2.32. The van der Waals surface area contributed by atoms with E-state index in [9.17, 15) is 4.79 Å². The van der Waals surface area contributed by atoms with E-state index >= 15 is 0 Å². The Balaban J connectivity index is 1.98. The van der Waals surface area contributed by atoms with Crippen LogP contribution in [0.2, 0.25) is 0 Å². The molecule has 1 saturated carbocycles. The standard InChI is InChI=1S/C14H23N3O/c1-9-4-5-12(6-10(9)2)16-14(18)13-7-11(15)8-17(13)3/h7-10,12H,4-6,15H2,1-3H3,(H,16,18). The van der Waals surface area contributed by atoms with Crippen LogP contribution in [0.15, 0.2) is 12.3 Å². The van der Waals surface area contributed by atoms with E-state index in [0.717, 1.165) is 18.8 Å². The first kappa shape index (κ1) is 13.0. The van der Waals surface area contributed by atoms with Gasteiger partial charge >= 0.3 is 0 Å². The molecular formula is C14H23N3O. The third-order valence-electron chi connectivity index (χ3n) is 4.19. The Kier molecular flexibility index (Phi) is 3.64. The molecule has 1 aromatic rings. The second-order valence-electron chi connectivity index (χ2n) is 5.71. The summed E-state index contributed by atoms with van der Waals surface area (Å²) in [7, 11) is 1.84. The van der Waals surface area contributed by atoms with Gasteiger partial charge in [0, 0.05) is 19.3 Å². The number of hydrogen-bond donors (Lipinski definition) is 2. The minimum absolute atomic E-state index is 0.0130. The first-order valence-corrected chi connectivity index (χ1v) is 6.70. The number of nitrogens with two attached hydrogens (primary N) is 1. The van der Waals surface area contributed by atoms with Crippen LogP contribution in [-0.2, 0) is 7.05 Å². The van der Waals surface area contributed by atoms with E-state index in [-0.39, 0.29) is 5.91 Å². The Morgan fingerprint density at radius 1 is 1.39 bits per heavy atom. The highest BCUT2D eigenvalue weighted by molar-refractivity contribution is 5.93. The number of nitrogen functional groups attached to an aromatic ring is 1. The van der Waals surface area contributed by atoms with Crippen LogP contribution in [0.5, 0.6) is 0 Å². The number of hydrogen-bond acceptors (Lipinski definition) is 2. The quantitative estimate of drug-likeness (QED) is 0.843. The van der Waals surface area contributed by atoms with Gasteiger partial charge in [-0.3, -0.25) is 4.79 Å². The largest absolute Gasteiger partial charge is 0.397 e. The number of carbonyl (C=O) groups is 1. The second kappa shape index (κ2) is 5.04. The van der Waals surface area contributed by atoms with E-state index in [4.69, 9.17) is 5.73 Å². The fraction of sp³-hybridized carbons (Fsp3) is 0.643. The SMILES string of the molecule is CC1CCC(NC(=O)c2cc(N)cn2C)CC1C. The summed E-state index contributed by atoms with van der Waals surface area (Å²) in [5.74, 6) is 1.44. The lowest BCUT2D eigenvalue weighted by atomic mass is 9.79. The molecule has 3 atom stereocenters. The van der Waals surface area contributed by atoms with E-state index in [1.165, 1.54) is 6.42 Å². The van der Waals surface area contributed by atoms with Crippen LogP contribution >= 0.6 is 0 Å². The number of anilines is 1. The second-order valence-corrected chi connectivity index (χ2v) is 5.71. The molecule has 1 heterocycles. The average molecular weight is 249 g/mol. The smallest absolute Gasteiger partial charge is 0.268 e. The molecule has 4 heteroatoms. The summed E-state index contributed by atoms with van der Waals surface area (Å²) in [4.78, 5) is 12.1. The van der Waals surface area contributed by atoms with Crippen molar-refractivity contribution in [3.63, 3.8) is 0 Å². The Labute approximate surface area is 109 Å². The Bertz CT molecular complexity index is 438. The molecule has 4 nitrogen and oxygen atoms in total. The summed E-state index contributed by atoms with van der Waals surface area (Å²) in [6.07, 6.45) is 5.12. The number of nitrogens with one attached hydrogen (secondary N) is 1. The van der Waals surface area contributed by atoms with E-state index in [1.54, 1.807) is 16.8 Å². The number of amides is 1. The molecular weight excluding hydrogens is 226 g/mol. The maximum atomic E-state index is 12.1. The number of carbonyl (C=O) groups excluding carboxylic acids is 1. The van der Waals surface area contributed by atoms with Gasteiger partial charge in [0.1, 0.15) is 5.69 Å². The van der Waals surface area contributed by atoms with E-state index < -0.39 is 0 Å². The highest BCUT2D eigenvalue weighted by Gasteiger charge is 2.26. The fourth-order valence-corrected chi connectivity index (χ4v) is 2.75. The van der Waals surface area contributed by atoms with Gasteiger partial charge in [-0.1, -0.05) is 13.8 Å². The average Bonchev–Trinajstić information content (AvgIpc) is 2.63. The molecule has 100 valence electrons.